The number of amides is 2. The van der Waals surface area contributed by atoms with Gasteiger partial charge in [0, 0.05) is 32.1 Å². The van der Waals surface area contributed by atoms with E-state index in [1.807, 2.05) is 0 Å². The van der Waals surface area contributed by atoms with Gasteiger partial charge in [-0.2, -0.15) is 13.2 Å². The summed E-state index contributed by atoms with van der Waals surface area (Å²) < 4.78 is 36.8. The average Bonchev–Trinajstić information content (AvgIpc) is 2.35. The van der Waals surface area contributed by atoms with Crippen molar-refractivity contribution >= 4 is 24.2 Å². The molecule has 124 valence electrons. The lowest BCUT2D eigenvalue weighted by Crippen LogP contribution is -2.50. The number of halogens is 4. The van der Waals surface area contributed by atoms with Crippen LogP contribution in [-0.2, 0) is 9.59 Å². The molecular weight excluding hydrogens is 311 g/mol. The van der Waals surface area contributed by atoms with E-state index in [0.29, 0.717) is 19.4 Å². The van der Waals surface area contributed by atoms with Crippen LogP contribution in [0.3, 0.4) is 0 Å². The number of likely N-dealkylation sites (tertiary alicyclic amines) is 1. The number of piperidine rings is 1. The summed E-state index contributed by atoms with van der Waals surface area (Å²) in [5.41, 5.74) is 5.23. The van der Waals surface area contributed by atoms with E-state index in [1.54, 1.807) is 0 Å². The maximum atomic E-state index is 12.3. The van der Waals surface area contributed by atoms with Crippen molar-refractivity contribution in [1.29, 1.82) is 0 Å². The highest BCUT2D eigenvalue weighted by molar-refractivity contribution is 5.85. The Labute approximate surface area is 127 Å². The molecule has 0 aromatic carbocycles. The summed E-state index contributed by atoms with van der Waals surface area (Å²) in [7, 11) is 0. The maximum absolute atomic E-state index is 12.3. The number of rotatable bonds is 5. The minimum absolute atomic E-state index is 0. The zero-order valence-electron chi connectivity index (χ0n) is 11.6. The average molecular weight is 332 g/mol. The quantitative estimate of drug-likeness (QED) is 0.795. The first-order valence-electron chi connectivity index (χ1n) is 6.66. The van der Waals surface area contributed by atoms with Crippen LogP contribution in [-0.4, -0.2) is 48.6 Å². The highest BCUT2D eigenvalue weighted by atomic mass is 35.5. The minimum atomic E-state index is -4.50. The van der Waals surface area contributed by atoms with Crippen molar-refractivity contribution in [1.82, 2.24) is 10.2 Å². The molecule has 1 aliphatic heterocycles. The Kier molecular flexibility index (Phi) is 8.65. The molecule has 1 fully saturated rings. The maximum Gasteiger partial charge on any atom is 0.397 e. The van der Waals surface area contributed by atoms with Gasteiger partial charge in [-0.15, -0.1) is 12.4 Å². The van der Waals surface area contributed by atoms with Gasteiger partial charge in [-0.1, -0.05) is 0 Å². The largest absolute Gasteiger partial charge is 0.397 e. The van der Waals surface area contributed by atoms with E-state index in [2.05, 4.69) is 5.32 Å². The van der Waals surface area contributed by atoms with Gasteiger partial charge in [-0.3, -0.25) is 9.59 Å². The third kappa shape index (κ3) is 7.52. The van der Waals surface area contributed by atoms with Gasteiger partial charge in [0.25, 0.3) is 0 Å². The van der Waals surface area contributed by atoms with Crippen LogP contribution in [0.4, 0.5) is 13.2 Å². The first-order valence-corrected chi connectivity index (χ1v) is 6.66. The molecule has 1 unspecified atom stereocenters. The minimum Gasteiger partial charge on any atom is -0.354 e. The second-order valence-electron chi connectivity index (χ2n) is 4.87. The molecule has 0 radical (unpaired) electrons. The number of nitrogens with zero attached hydrogens (tertiary/aromatic N) is 1. The van der Waals surface area contributed by atoms with Crippen LogP contribution in [0, 0.1) is 0 Å². The van der Waals surface area contributed by atoms with Crippen LogP contribution in [0.2, 0.25) is 0 Å². The van der Waals surface area contributed by atoms with Crippen LogP contribution in [0.1, 0.15) is 32.1 Å². The van der Waals surface area contributed by atoms with Gasteiger partial charge in [0.2, 0.25) is 11.8 Å². The summed E-state index contributed by atoms with van der Waals surface area (Å²) >= 11 is 0. The van der Waals surface area contributed by atoms with Crippen LogP contribution < -0.4 is 11.1 Å². The van der Waals surface area contributed by atoms with E-state index >= 15 is 0 Å². The summed E-state index contributed by atoms with van der Waals surface area (Å²) in [5, 5.41) is 2.61. The summed E-state index contributed by atoms with van der Waals surface area (Å²) in [5.74, 6) is -1.17. The van der Waals surface area contributed by atoms with Crippen molar-refractivity contribution < 1.29 is 22.8 Å². The van der Waals surface area contributed by atoms with Gasteiger partial charge >= 0.3 is 6.18 Å². The molecule has 1 rings (SSSR count). The second kappa shape index (κ2) is 9.09. The predicted molar refractivity (Wildman–Crippen MR) is 74.0 cm³/mol. The molecule has 0 aromatic rings. The summed E-state index contributed by atoms with van der Waals surface area (Å²) in [6.07, 6.45) is -3.64. The molecule has 1 aliphatic rings. The van der Waals surface area contributed by atoms with E-state index in [4.69, 9.17) is 5.73 Å². The second-order valence-corrected chi connectivity index (χ2v) is 4.87. The van der Waals surface area contributed by atoms with Gasteiger partial charge in [0.1, 0.15) is 6.42 Å². The van der Waals surface area contributed by atoms with Crippen molar-refractivity contribution in [2.45, 2.75) is 44.3 Å². The molecular formula is C12H21ClF3N3O2. The Morgan fingerprint density at radius 3 is 2.52 bits per heavy atom. The molecule has 1 heterocycles. The molecule has 3 N–H and O–H groups in total. The molecule has 0 saturated carbocycles. The third-order valence-corrected chi connectivity index (χ3v) is 3.21. The fourth-order valence-corrected chi connectivity index (χ4v) is 2.27. The fourth-order valence-electron chi connectivity index (χ4n) is 2.27. The number of nitrogens with two attached hydrogens (primary N) is 1. The lowest BCUT2D eigenvalue weighted by molar-refractivity contribution is -0.164. The fraction of sp³-hybridized carbons (Fsp3) is 0.833. The lowest BCUT2D eigenvalue weighted by atomic mass is 10.0. The van der Waals surface area contributed by atoms with E-state index in [9.17, 15) is 22.8 Å². The summed E-state index contributed by atoms with van der Waals surface area (Å²) in [6.45, 7) is 0.710. The Morgan fingerprint density at radius 1 is 1.29 bits per heavy atom. The SMILES string of the molecule is Cl.NCCC(=O)NCC1CCCCN1C(=O)CC(F)(F)F. The Morgan fingerprint density at radius 2 is 1.95 bits per heavy atom. The van der Waals surface area contributed by atoms with Crippen molar-refractivity contribution in [2.75, 3.05) is 19.6 Å². The first kappa shape index (κ1) is 20.0. The summed E-state index contributed by atoms with van der Waals surface area (Å²) in [6, 6.07) is -0.361. The van der Waals surface area contributed by atoms with E-state index in [0.717, 1.165) is 6.42 Å². The van der Waals surface area contributed by atoms with Gasteiger partial charge < -0.3 is 16.0 Å². The number of carbonyl (C=O) groups is 2. The highest BCUT2D eigenvalue weighted by Gasteiger charge is 2.36. The van der Waals surface area contributed by atoms with Crippen LogP contribution in [0.5, 0.6) is 0 Å². The number of alkyl halides is 3. The molecule has 2 amide bonds. The molecule has 1 saturated heterocycles. The van der Waals surface area contributed by atoms with Crippen molar-refractivity contribution in [3.63, 3.8) is 0 Å². The number of carbonyl (C=O) groups excluding carboxylic acids is 2. The van der Waals surface area contributed by atoms with E-state index in [-0.39, 0.29) is 43.9 Å². The van der Waals surface area contributed by atoms with Crippen molar-refractivity contribution in [3.05, 3.63) is 0 Å². The smallest absolute Gasteiger partial charge is 0.354 e. The number of hydrogen-bond acceptors (Lipinski definition) is 3. The molecule has 9 heteroatoms. The van der Waals surface area contributed by atoms with Crippen LogP contribution >= 0.6 is 12.4 Å². The molecule has 0 aromatic heterocycles. The summed E-state index contributed by atoms with van der Waals surface area (Å²) in [4.78, 5) is 24.2. The van der Waals surface area contributed by atoms with Crippen LogP contribution in [0.15, 0.2) is 0 Å². The Hall–Kier alpha value is -1.02. The molecule has 21 heavy (non-hydrogen) atoms. The molecule has 5 nitrogen and oxygen atoms in total. The highest BCUT2D eigenvalue weighted by Crippen LogP contribution is 2.24. The zero-order chi connectivity index (χ0) is 15.2. The van der Waals surface area contributed by atoms with Crippen molar-refractivity contribution in [2.24, 2.45) is 5.73 Å². The lowest BCUT2D eigenvalue weighted by Gasteiger charge is -2.36. The Bertz CT molecular complexity index is 353. The van der Waals surface area contributed by atoms with Gasteiger partial charge in [-0.25, -0.2) is 0 Å². The molecule has 0 spiro atoms. The van der Waals surface area contributed by atoms with Gasteiger partial charge in [0.05, 0.1) is 0 Å². The standard InChI is InChI=1S/C12H20F3N3O2.ClH/c13-12(14,15)7-11(20)18-6-2-1-3-9(18)8-17-10(19)4-5-16;/h9H,1-8,16H2,(H,17,19);1H. The molecule has 0 bridgehead atoms. The molecule has 0 aliphatic carbocycles. The third-order valence-electron chi connectivity index (χ3n) is 3.21. The zero-order valence-corrected chi connectivity index (χ0v) is 12.4. The topological polar surface area (TPSA) is 75.4 Å². The monoisotopic (exact) mass is 331 g/mol. The molecule has 1 atom stereocenters. The van der Waals surface area contributed by atoms with Gasteiger partial charge in [0.15, 0.2) is 0 Å². The number of nitrogens with one attached hydrogen (secondary N) is 1. The first-order chi connectivity index (χ1) is 9.33. The normalized spacial score (nSPS) is 18.9. The van der Waals surface area contributed by atoms with E-state index < -0.39 is 18.5 Å². The van der Waals surface area contributed by atoms with Crippen molar-refractivity contribution in [3.8, 4) is 0 Å². The van der Waals surface area contributed by atoms with Gasteiger partial charge in [-0.05, 0) is 19.3 Å². The predicted octanol–water partition coefficient (Wildman–Crippen LogP) is 1.21. The Balaban J connectivity index is 0.00000400. The van der Waals surface area contributed by atoms with E-state index in [1.165, 1.54) is 4.90 Å². The number of hydrogen-bond donors (Lipinski definition) is 2. The van der Waals surface area contributed by atoms with Crippen LogP contribution in [0.25, 0.3) is 0 Å².